The normalized spacial score (nSPS) is 16.5. The van der Waals surface area contributed by atoms with E-state index in [-0.39, 0.29) is 11.6 Å². The minimum absolute atomic E-state index is 0.0276. The van der Waals surface area contributed by atoms with E-state index in [4.69, 9.17) is 0 Å². The number of carbonyl (C=O) groups is 2. The smallest absolute Gasteiger partial charge is 0.182 e. The van der Waals surface area contributed by atoms with Gasteiger partial charge >= 0.3 is 0 Å². The lowest BCUT2D eigenvalue weighted by molar-refractivity contribution is -0.115. The van der Waals surface area contributed by atoms with E-state index in [0.29, 0.717) is 29.9 Å². The van der Waals surface area contributed by atoms with Crippen LogP contribution in [-0.4, -0.2) is 11.6 Å². The molecule has 0 saturated carbocycles. The minimum atomic E-state index is -0.0508. The highest BCUT2D eigenvalue weighted by Crippen LogP contribution is 2.20. The van der Waals surface area contributed by atoms with Gasteiger partial charge in [-0.25, -0.2) is 0 Å². The molecule has 1 aliphatic carbocycles. The van der Waals surface area contributed by atoms with E-state index in [2.05, 4.69) is 6.58 Å². The first-order valence-electron chi connectivity index (χ1n) is 5.15. The monoisotopic (exact) mass is 204 g/mol. The Morgan fingerprint density at radius 2 is 1.73 bits per heavy atom. The highest BCUT2D eigenvalue weighted by Gasteiger charge is 2.19. The van der Waals surface area contributed by atoms with Crippen molar-refractivity contribution in [2.75, 3.05) is 0 Å². The third-order valence-corrected chi connectivity index (χ3v) is 2.24. The van der Waals surface area contributed by atoms with Crippen LogP contribution in [0.1, 0.15) is 26.7 Å². The first-order valence-corrected chi connectivity index (χ1v) is 5.15. The molecular weight excluding hydrogens is 188 g/mol. The van der Waals surface area contributed by atoms with Crippen LogP contribution in [0.5, 0.6) is 0 Å². The van der Waals surface area contributed by atoms with E-state index >= 15 is 0 Å². The lowest BCUT2D eigenvalue weighted by atomic mass is 9.90. The summed E-state index contributed by atoms with van der Waals surface area (Å²) in [6.07, 6.45) is 5.69. The van der Waals surface area contributed by atoms with Crippen molar-refractivity contribution in [3.63, 3.8) is 0 Å². The summed E-state index contributed by atoms with van der Waals surface area (Å²) in [4.78, 5) is 23.2. The van der Waals surface area contributed by atoms with Crippen molar-refractivity contribution in [1.82, 2.24) is 0 Å². The third kappa shape index (κ3) is 3.01. The lowest BCUT2D eigenvalue weighted by Gasteiger charge is -2.12. The van der Waals surface area contributed by atoms with Crippen molar-refractivity contribution in [3.05, 3.63) is 36.0 Å². The van der Waals surface area contributed by atoms with Crippen LogP contribution < -0.4 is 0 Å². The SMILES string of the molecule is C=CCC1=CC(=O)C(CC(C)C)=CC1=O. The van der Waals surface area contributed by atoms with Gasteiger partial charge in [-0.05, 0) is 30.9 Å². The Bertz CT molecular complexity index is 357. The summed E-state index contributed by atoms with van der Waals surface area (Å²) in [6.45, 7) is 7.62. The summed E-state index contributed by atoms with van der Waals surface area (Å²) in [5, 5.41) is 0. The maximum atomic E-state index is 11.6. The molecule has 2 nitrogen and oxygen atoms in total. The number of allylic oxidation sites excluding steroid dienone is 5. The maximum Gasteiger partial charge on any atom is 0.182 e. The standard InChI is InChI=1S/C13H16O2/c1-4-5-10-7-13(15)11(6-9(2)3)8-12(10)14/h4,7-9H,1,5-6H2,2-3H3. The van der Waals surface area contributed by atoms with Crippen LogP contribution in [0.4, 0.5) is 0 Å². The Labute approximate surface area is 90.4 Å². The van der Waals surface area contributed by atoms with Crippen molar-refractivity contribution in [3.8, 4) is 0 Å². The van der Waals surface area contributed by atoms with Gasteiger partial charge in [-0.2, -0.15) is 0 Å². The number of ketones is 2. The zero-order chi connectivity index (χ0) is 11.4. The largest absolute Gasteiger partial charge is 0.290 e. The zero-order valence-electron chi connectivity index (χ0n) is 9.25. The summed E-state index contributed by atoms with van der Waals surface area (Å²) in [5.74, 6) is 0.313. The van der Waals surface area contributed by atoms with E-state index in [9.17, 15) is 9.59 Å². The Morgan fingerprint density at radius 3 is 2.27 bits per heavy atom. The Morgan fingerprint density at radius 1 is 1.20 bits per heavy atom. The van der Waals surface area contributed by atoms with Crippen LogP contribution in [0.15, 0.2) is 36.0 Å². The second kappa shape index (κ2) is 4.87. The second-order valence-electron chi connectivity index (χ2n) is 4.16. The Hall–Kier alpha value is -1.44. The predicted octanol–water partition coefficient (Wildman–Crippen LogP) is 2.61. The molecule has 0 N–H and O–H groups in total. The van der Waals surface area contributed by atoms with Crippen molar-refractivity contribution in [2.45, 2.75) is 26.7 Å². The van der Waals surface area contributed by atoms with Crippen LogP contribution in [0, 0.1) is 5.92 Å². The molecular formula is C13H16O2. The van der Waals surface area contributed by atoms with Gasteiger partial charge in [-0.1, -0.05) is 19.9 Å². The average molecular weight is 204 g/mol. The number of hydrogen-bond acceptors (Lipinski definition) is 2. The van der Waals surface area contributed by atoms with Gasteiger partial charge in [0, 0.05) is 11.1 Å². The van der Waals surface area contributed by atoms with Crippen molar-refractivity contribution in [2.24, 2.45) is 5.92 Å². The third-order valence-electron chi connectivity index (χ3n) is 2.24. The molecule has 0 spiro atoms. The molecule has 0 aliphatic heterocycles. The van der Waals surface area contributed by atoms with Gasteiger partial charge in [0.1, 0.15) is 0 Å². The molecule has 15 heavy (non-hydrogen) atoms. The van der Waals surface area contributed by atoms with E-state index in [1.54, 1.807) is 6.08 Å². The molecule has 0 fully saturated rings. The highest BCUT2D eigenvalue weighted by atomic mass is 16.1. The first-order chi connectivity index (χ1) is 7.04. The lowest BCUT2D eigenvalue weighted by Crippen LogP contribution is -2.14. The van der Waals surface area contributed by atoms with Crippen molar-refractivity contribution < 1.29 is 9.59 Å². The second-order valence-corrected chi connectivity index (χ2v) is 4.16. The first kappa shape index (κ1) is 11.6. The van der Waals surface area contributed by atoms with Gasteiger partial charge < -0.3 is 0 Å². The van der Waals surface area contributed by atoms with Crippen LogP contribution in [-0.2, 0) is 9.59 Å². The van der Waals surface area contributed by atoms with Crippen LogP contribution in [0.2, 0.25) is 0 Å². The van der Waals surface area contributed by atoms with Gasteiger partial charge in [-0.15, -0.1) is 6.58 Å². The predicted molar refractivity (Wildman–Crippen MR) is 60.4 cm³/mol. The summed E-state index contributed by atoms with van der Waals surface area (Å²) in [6, 6.07) is 0. The fraction of sp³-hybridized carbons (Fsp3) is 0.385. The summed E-state index contributed by atoms with van der Waals surface area (Å²) in [7, 11) is 0. The summed E-state index contributed by atoms with van der Waals surface area (Å²) in [5.41, 5.74) is 1.17. The Kier molecular flexibility index (Phi) is 3.78. The van der Waals surface area contributed by atoms with Crippen LogP contribution in [0.3, 0.4) is 0 Å². The van der Waals surface area contributed by atoms with Crippen LogP contribution >= 0.6 is 0 Å². The van der Waals surface area contributed by atoms with Gasteiger partial charge in [0.2, 0.25) is 0 Å². The van der Waals surface area contributed by atoms with E-state index in [1.807, 2.05) is 13.8 Å². The molecule has 1 aliphatic rings. The summed E-state index contributed by atoms with van der Waals surface area (Å²) >= 11 is 0. The van der Waals surface area contributed by atoms with Gasteiger partial charge in [0.05, 0.1) is 0 Å². The molecule has 2 heteroatoms. The molecule has 0 unspecified atom stereocenters. The quantitative estimate of drug-likeness (QED) is 0.521. The van der Waals surface area contributed by atoms with Crippen LogP contribution in [0.25, 0.3) is 0 Å². The molecule has 1 rings (SSSR count). The molecule has 0 aromatic rings. The number of hydrogen-bond donors (Lipinski definition) is 0. The fourth-order valence-electron chi connectivity index (χ4n) is 1.56. The van der Waals surface area contributed by atoms with E-state index < -0.39 is 0 Å². The molecule has 80 valence electrons. The van der Waals surface area contributed by atoms with Gasteiger partial charge in [-0.3, -0.25) is 9.59 Å². The topological polar surface area (TPSA) is 34.1 Å². The fourth-order valence-corrected chi connectivity index (χ4v) is 1.56. The number of rotatable bonds is 4. The van der Waals surface area contributed by atoms with Crippen molar-refractivity contribution in [1.29, 1.82) is 0 Å². The summed E-state index contributed by atoms with van der Waals surface area (Å²) < 4.78 is 0. The molecule has 0 bridgehead atoms. The van der Waals surface area contributed by atoms with E-state index in [0.717, 1.165) is 0 Å². The molecule has 0 heterocycles. The van der Waals surface area contributed by atoms with Gasteiger partial charge in [0.25, 0.3) is 0 Å². The average Bonchev–Trinajstić information content (AvgIpc) is 2.13. The molecule has 0 amide bonds. The maximum absolute atomic E-state index is 11.6. The van der Waals surface area contributed by atoms with Crippen molar-refractivity contribution >= 4 is 11.6 Å². The molecule has 0 saturated heterocycles. The molecule has 0 atom stereocenters. The van der Waals surface area contributed by atoms with E-state index in [1.165, 1.54) is 12.2 Å². The Balaban J connectivity index is 2.83. The number of carbonyl (C=O) groups excluding carboxylic acids is 2. The van der Waals surface area contributed by atoms with Gasteiger partial charge in [0.15, 0.2) is 11.6 Å². The molecule has 0 aromatic carbocycles. The zero-order valence-corrected chi connectivity index (χ0v) is 9.25. The molecule has 0 radical (unpaired) electrons. The minimum Gasteiger partial charge on any atom is -0.290 e. The highest BCUT2D eigenvalue weighted by molar-refractivity contribution is 6.20. The molecule has 0 aromatic heterocycles.